The van der Waals surface area contributed by atoms with Crippen molar-refractivity contribution in [2.24, 2.45) is 29.1 Å². The monoisotopic (exact) mass is 676 g/mol. The fourth-order valence-electron chi connectivity index (χ4n) is 10.5. The second-order valence-corrected chi connectivity index (χ2v) is 17.8. The average Bonchev–Trinajstić information content (AvgIpc) is 3.55. The lowest BCUT2D eigenvalue weighted by molar-refractivity contribution is -0.129. The van der Waals surface area contributed by atoms with Gasteiger partial charge in [-0.15, -0.1) is 0 Å². The molecular formula is C36H48N6O5S. The number of ether oxygens (including phenoxy) is 1. The van der Waals surface area contributed by atoms with Crippen molar-refractivity contribution in [3.63, 3.8) is 0 Å². The molecule has 2 atom stereocenters. The standard InChI is InChI=1S/C36H48N6O5S/c1-35(2)18-23-5-4-12-37-29-6-3-7-31(38-29)48(45,46)40-33(43)27-8-9-30(39-32(27)42(35)22-23)41-13-10-28(34(41)44)47-14-11-36-19-24-15-25(20-36)17-26(16-24)21-36/h3,6-9,23-26,28H,4-5,10-22H2,1-2H3,(H,37,38)(H,40,43)/t23-,24?,25?,26?,28-,36?/m0/s1. The molecule has 2 aromatic rings. The van der Waals surface area contributed by atoms with Crippen molar-refractivity contribution in [2.75, 3.05) is 41.4 Å². The van der Waals surface area contributed by atoms with Crippen LogP contribution in [-0.2, 0) is 19.6 Å². The number of hydrogen-bond donors (Lipinski definition) is 2. The van der Waals surface area contributed by atoms with Gasteiger partial charge in [0.25, 0.3) is 21.8 Å². The molecule has 8 bridgehead atoms. The van der Waals surface area contributed by atoms with Crippen molar-refractivity contribution in [1.29, 1.82) is 0 Å². The molecular weight excluding hydrogens is 629 g/mol. The molecule has 4 aliphatic carbocycles. The minimum absolute atomic E-state index is 0.103. The van der Waals surface area contributed by atoms with E-state index < -0.39 is 22.0 Å². The molecule has 0 unspecified atom stereocenters. The number of nitrogens with zero attached hydrogens (tertiary/aromatic N) is 4. The van der Waals surface area contributed by atoms with Gasteiger partial charge < -0.3 is 15.0 Å². The van der Waals surface area contributed by atoms with Crippen molar-refractivity contribution in [1.82, 2.24) is 14.7 Å². The largest absolute Gasteiger partial charge is 0.370 e. The number of sulfonamides is 1. The number of fused-ring (bicyclic) bond motifs is 6. The number of amides is 2. The topological polar surface area (TPSA) is 134 Å². The van der Waals surface area contributed by atoms with Gasteiger partial charge in [-0.3, -0.25) is 14.5 Å². The molecule has 2 saturated heterocycles. The lowest BCUT2D eigenvalue weighted by atomic mass is 9.49. The summed E-state index contributed by atoms with van der Waals surface area (Å²) in [6.07, 6.45) is 12.1. The van der Waals surface area contributed by atoms with E-state index >= 15 is 0 Å². The molecule has 258 valence electrons. The summed E-state index contributed by atoms with van der Waals surface area (Å²) in [5.74, 6) is 3.44. The van der Waals surface area contributed by atoms with Crippen molar-refractivity contribution >= 4 is 39.3 Å². The first-order chi connectivity index (χ1) is 23.0. The molecule has 7 aliphatic rings. The highest BCUT2D eigenvalue weighted by molar-refractivity contribution is 7.90. The summed E-state index contributed by atoms with van der Waals surface area (Å²) in [4.78, 5) is 40.5. The quantitative estimate of drug-likeness (QED) is 0.442. The maximum atomic E-state index is 13.7. The van der Waals surface area contributed by atoms with E-state index in [9.17, 15) is 18.0 Å². The van der Waals surface area contributed by atoms with Gasteiger partial charge in [0.2, 0.25) is 0 Å². The van der Waals surface area contributed by atoms with Gasteiger partial charge in [-0.25, -0.2) is 14.7 Å². The molecule has 5 heterocycles. The summed E-state index contributed by atoms with van der Waals surface area (Å²) in [6, 6.07) is 7.95. The second-order valence-electron chi connectivity index (χ2n) is 16.2. The molecule has 2 amide bonds. The average molecular weight is 677 g/mol. The Morgan fingerprint density at radius 2 is 1.69 bits per heavy atom. The first-order valence-electron chi connectivity index (χ1n) is 18.0. The summed E-state index contributed by atoms with van der Waals surface area (Å²) < 4.78 is 35.2. The van der Waals surface area contributed by atoms with E-state index in [2.05, 4.69) is 33.8 Å². The molecule has 2 N–H and O–H groups in total. The van der Waals surface area contributed by atoms with Gasteiger partial charge in [0.1, 0.15) is 23.6 Å². The van der Waals surface area contributed by atoms with Crippen LogP contribution in [0.5, 0.6) is 0 Å². The van der Waals surface area contributed by atoms with Crippen molar-refractivity contribution in [2.45, 2.75) is 101 Å². The Balaban J connectivity index is 1.03. The van der Waals surface area contributed by atoms with Gasteiger partial charge in [0.15, 0.2) is 5.03 Å². The Labute approximate surface area is 283 Å². The SMILES string of the molecule is CC1(C)C[C@@H]2CCCNc3cccc(n3)S(=O)(=O)NC(=O)c3ccc(N4CC[C@H](OCCC56CC7CC(CC(C7)C5)C6)C4=O)nc3N1C2. The Morgan fingerprint density at radius 3 is 2.44 bits per heavy atom. The van der Waals surface area contributed by atoms with E-state index in [4.69, 9.17) is 9.72 Å². The maximum absolute atomic E-state index is 13.7. The molecule has 48 heavy (non-hydrogen) atoms. The van der Waals surface area contributed by atoms with Gasteiger partial charge in [0.05, 0.1) is 5.56 Å². The maximum Gasteiger partial charge on any atom is 0.281 e. The van der Waals surface area contributed by atoms with Crippen LogP contribution in [0.1, 0.15) is 94.8 Å². The highest BCUT2D eigenvalue weighted by atomic mass is 32.2. The smallest absolute Gasteiger partial charge is 0.281 e. The Kier molecular flexibility index (Phi) is 7.97. The molecule has 0 spiro atoms. The summed E-state index contributed by atoms with van der Waals surface area (Å²) in [5.41, 5.74) is 0.220. The van der Waals surface area contributed by atoms with E-state index in [1.54, 1.807) is 29.2 Å². The molecule has 3 aliphatic heterocycles. The van der Waals surface area contributed by atoms with E-state index in [0.717, 1.165) is 43.4 Å². The highest BCUT2D eigenvalue weighted by Gasteiger charge is 2.50. The fraction of sp³-hybridized carbons (Fsp3) is 0.667. The summed E-state index contributed by atoms with van der Waals surface area (Å²) in [7, 11) is -4.26. The molecule has 2 aromatic heterocycles. The Hall–Kier alpha value is -3.25. The zero-order valence-electron chi connectivity index (χ0n) is 28.1. The number of pyridine rings is 2. The van der Waals surface area contributed by atoms with Gasteiger partial charge in [-0.05, 0) is 131 Å². The predicted molar refractivity (Wildman–Crippen MR) is 182 cm³/mol. The number of rotatable bonds is 5. The van der Waals surface area contributed by atoms with Crippen LogP contribution in [0.2, 0.25) is 0 Å². The minimum atomic E-state index is -4.26. The third kappa shape index (κ3) is 5.97. The molecule has 6 fully saturated rings. The third-order valence-corrected chi connectivity index (χ3v) is 13.4. The second kappa shape index (κ2) is 12.0. The van der Waals surface area contributed by atoms with Crippen molar-refractivity contribution in [3.8, 4) is 0 Å². The summed E-state index contributed by atoms with van der Waals surface area (Å²) >= 11 is 0. The number of aromatic nitrogens is 2. The van der Waals surface area contributed by atoms with Gasteiger partial charge in [-0.1, -0.05) is 6.07 Å². The van der Waals surface area contributed by atoms with Gasteiger partial charge in [-0.2, -0.15) is 8.42 Å². The van der Waals surface area contributed by atoms with E-state index in [1.165, 1.54) is 44.6 Å². The van der Waals surface area contributed by atoms with Crippen LogP contribution in [0.15, 0.2) is 35.4 Å². The van der Waals surface area contributed by atoms with Crippen LogP contribution in [0, 0.1) is 29.1 Å². The zero-order valence-corrected chi connectivity index (χ0v) is 28.9. The lowest BCUT2D eigenvalue weighted by Crippen LogP contribution is -2.46. The number of carbonyl (C=O) groups is 2. The van der Waals surface area contributed by atoms with Crippen LogP contribution < -0.4 is 19.8 Å². The molecule has 11 nitrogen and oxygen atoms in total. The van der Waals surface area contributed by atoms with Crippen LogP contribution >= 0.6 is 0 Å². The van der Waals surface area contributed by atoms with Crippen LogP contribution in [0.4, 0.5) is 17.5 Å². The predicted octanol–water partition coefficient (Wildman–Crippen LogP) is 5.13. The highest BCUT2D eigenvalue weighted by Crippen LogP contribution is 2.61. The molecule has 4 saturated carbocycles. The zero-order chi connectivity index (χ0) is 33.3. The number of carbonyl (C=O) groups excluding carboxylic acids is 2. The summed E-state index contributed by atoms with van der Waals surface area (Å²) in [5, 5.41) is 2.99. The molecule has 12 heteroatoms. The number of hydrogen-bond acceptors (Lipinski definition) is 9. The lowest BCUT2D eigenvalue weighted by Gasteiger charge is -2.57. The van der Waals surface area contributed by atoms with Crippen LogP contribution in [0.3, 0.4) is 0 Å². The van der Waals surface area contributed by atoms with Crippen LogP contribution in [0.25, 0.3) is 0 Å². The van der Waals surface area contributed by atoms with Crippen molar-refractivity contribution in [3.05, 3.63) is 35.9 Å². The fourth-order valence-corrected chi connectivity index (χ4v) is 11.4. The Bertz CT molecular complexity index is 1680. The first kappa shape index (κ1) is 32.0. The first-order valence-corrected chi connectivity index (χ1v) is 19.5. The van der Waals surface area contributed by atoms with E-state index in [1.807, 2.05) is 0 Å². The Morgan fingerprint density at radius 1 is 0.938 bits per heavy atom. The van der Waals surface area contributed by atoms with E-state index in [-0.39, 0.29) is 22.0 Å². The number of nitrogens with one attached hydrogen (secondary N) is 2. The molecule has 0 radical (unpaired) electrons. The van der Waals surface area contributed by atoms with Gasteiger partial charge in [0, 0.05) is 38.2 Å². The van der Waals surface area contributed by atoms with Crippen LogP contribution in [-0.4, -0.2) is 68.1 Å². The molecule has 9 rings (SSSR count). The normalized spacial score (nSPS) is 33.5. The third-order valence-electron chi connectivity index (χ3n) is 12.2. The van der Waals surface area contributed by atoms with Gasteiger partial charge >= 0.3 is 0 Å². The van der Waals surface area contributed by atoms with E-state index in [0.29, 0.717) is 61.4 Å². The number of anilines is 3. The minimum Gasteiger partial charge on any atom is -0.370 e. The molecule has 0 aromatic carbocycles. The van der Waals surface area contributed by atoms with Crippen molar-refractivity contribution < 1.29 is 22.7 Å². The summed E-state index contributed by atoms with van der Waals surface area (Å²) in [6.45, 7) is 6.68.